The number of aryl methyl sites for hydroxylation is 1. The first kappa shape index (κ1) is 18.9. The van der Waals surface area contributed by atoms with Crippen LogP contribution in [0.4, 0.5) is 5.69 Å². The van der Waals surface area contributed by atoms with Crippen LogP contribution in [0.5, 0.6) is 6.01 Å². The van der Waals surface area contributed by atoms with Crippen LogP contribution in [0.1, 0.15) is 16.1 Å². The highest BCUT2D eigenvalue weighted by Gasteiger charge is 2.22. The van der Waals surface area contributed by atoms with Gasteiger partial charge in [0.05, 0.1) is 28.8 Å². The number of nitrogens with two attached hydrogens (primary N) is 2. The first-order valence-corrected chi connectivity index (χ1v) is 9.75. The largest absolute Gasteiger partial charge is 0.457 e. The minimum Gasteiger partial charge on any atom is -0.457 e. The zero-order valence-electron chi connectivity index (χ0n) is 16.7. The molecule has 1 fully saturated rings. The molecule has 0 saturated carbocycles. The lowest BCUT2D eigenvalue weighted by molar-refractivity contribution is 0.0996. The number of nitrogen functional groups attached to an aromatic ring is 1. The van der Waals surface area contributed by atoms with Crippen molar-refractivity contribution in [3.63, 3.8) is 0 Å². The lowest BCUT2D eigenvalue weighted by Gasteiger charge is -2.26. The zero-order valence-corrected chi connectivity index (χ0v) is 16.7. The molecule has 0 unspecified atom stereocenters. The molecule has 1 saturated heterocycles. The predicted octanol–water partition coefficient (Wildman–Crippen LogP) is 1.42. The molecule has 1 aromatic carbocycles. The summed E-state index contributed by atoms with van der Waals surface area (Å²) in [6.07, 6.45) is 3.35. The van der Waals surface area contributed by atoms with Crippen LogP contribution in [-0.4, -0.2) is 50.2 Å². The summed E-state index contributed by atoms with van der Waals surface area (Å²) in [5, 5.41) is 11.1. The summed E-state index contributed by atoms with van der Waals surface area (Å²) in [4.78, 5) is 25.2. The van der Waals surface area contributed by atoms with Gasteiger partial charge < -0.3 is 21.5 Å². The van der Waals surface area contributed by atoms with Gasteiger partial charge in [0.2, 0.25) is 0 Å². The monoisotopic (exact) mass is 416 g/mol. The van der Waals surface area contributed by atoms with Crippen LogP contribution in [0.3, 0.4) is 0 Å². The first-order valence-electron chi connectivity index (χ1n) is 9.75. The van der Waals surface area contributed by atoms with Gasteiger partial charge >= 0.3 is 6.01 Å². The summed E-state index contributed by atoms with van der Waals surface area (Å²) >= 11 is 0. The molecule has 6 N–H and O–H groups in total. The van der Waals surface area contributed by atoms with E-state index in [4.69, 9.17) is 16.2 Å². The Kier molecular flexibility index (Phi) is 4.48. The van der Waals surface area contributed by atoms with E-state index in [1.807, 2.05) is 19.1 Å². The second-order valence-corrected chi connectivity index (χ2v) is 7.39. The zero-order chi connectivity index (χ0) is 21.5. The van der Waals surface area contributed by atoms with Crippen molar-refractivity contribution in [1.82, 2.24) is 30.5 Å². The lowest BCUT2D eigenvalue weighted by atomic mass is 9.94. The Morgan fingerprint density at radius 3 is 2.77 bits per heavy atom. The molecule has 4 aromatic rings. The van der Waals surface area contributed by atoms with E-state index in [1.165, 1.54) is 0 Å². The van der Waals surface area contributed by atoms with Gasteiger partial charge in [-0.25, -0.2) is 9.97 Å². The Labute approximate surface area is 177 Å². The van der Waals surface area contributed by atoms with Crippen molar-refractivity contribution in [1.29, 1.82) is 0 Å². The van der Waals surface area contributed by atoms with Gasteiger partial charge in [0.15, 0.2) is 5.69 Å². The van der Waals surface area contributed by atoms with Gasteiger partial charge in [-0.3, -0.25) is 9.89 Å². The first-order chi connectivity index (χ1) is 15.0. The minimum atomic E-state index is -0.719. The summed E-state index contributed by atoms with van der Waals surface area (Å²) in [5.74, 6) is -0.719. The van der Waals surface area contributed by atoms with Crippen molar-refractivity contribution in [2.24, 2.45) is 5.73 Å². The Morgan fingerprint density at radius 2 is 2.03 bits per heavy atom. The van der Waals surface area contributed by atoms with Crippen molar-refractivity contribution in [2.75, 3.05) is 18.8 Å². The highest BCUT2D eigenvalue weighted by molar-refractivity contribution is 6.05. The number of hydrogen-bond acceptors (Lipinski definition) is 8. The molecule has 1 amide bonds. The summed E-state index contributed by atoms with van der Waals surface area (Å²) in [6, 6.07) is 7.65. The van der Waals surface area contributed by atoms with E-state index in [9.17, 15) is 4.79 Å². The SMILES string of the molecule is Cc1ccc2[nH]ncc2c1-c1cc(-c2ccnc(OC3CNC3)n2)nc(C(N)=O)c1N. The van der Waals surface area contributed by atoms with Gasteiger partial charge in [0.25, 0.3) is 5.91 Å². The molecule has 4 heterocycles. The van der Waals surface area contributed by atoms with Crippen molar-refractivity contribution >= 4 is 22.5 Å². The molecule has 0 radical (unpaired) electrons. The number of aromatic nitrogens is 5. The summed E-state index contributed by atoms with van der Waals surface area (Å²) in [5.41, 5.74) is 16.4. The molecule has 0 atom stereocenters. The van der Waals surface area contributed by atoms with Crippen LogP contribution in [0.25, 0.3) is 33.4 Å². The lowest BCUT2D eigenvalue weighted by Crippen LogP contribution is -2.50. The van der Waals surface area contributed by atoms with Crippen LogP contribution in [-0.2, 0) is 0 Å². The molecule has 5 rings (SSSR count). The maximum Gasteiger partial charge on any atom is 0.317 e. The maximum absolute atomic E-state index is 12.1. The quantitative estimate of drug-likeness (QED) is 0.380. The van der Waals surface area contributed by atoms with Gasteiger partial charge in [-0.05, 0) is 36.2 Å². The number of H-pyrrole nitrogens is 1. The number of carbonyl (C=O) groups is 1. The molecule has 31 heavy (non-hydrogen) atoms. The van der Waals surface area contributed by atoms with Crippen molar-refractivity contribution < 1.29 is 9.53 Å². The number of nitrogens with zero attached hydrogens (tertiary/aromatic N) is 4. The van der Waals surface area contributed by atoms with Crippen LogP contribution >= 0.6 is 0 Å². The van der Waals surface area contributed by atoms with Crippen molar-refractivity contribution in [2.45, 2.75) is 13.0 Å². The van der Waals surface area contributed by atoms with Crippen molar-refractivity contribution in [3.05, 3.63) is 47.9 Å². The third-order valence-electron chi connectivity index (χ3n) is 5.31. The fourth-order valence-electron chi connectivity index (χ4n) is 3.60. The van der Waals surface area contributed by atoms with E-state index >= 15 is 0 Å². The third kappa shape index (κ3) is 3.32. The van der Waals surface area contributed by atoms with E-state index in [0.29, 0.717) is 17.0 Å². The average Bonchev–Trinajstić information content (AvgIpc) is 3.20. The number of nitrogens with one attached hydrogen (secondary N) is 2. The van der Waals surface area contributed by atoms with Crippen LogP contribution in [0.2, 0.25) is 0 Å². The van der Waals surface area contributed by atoms with Crippen LogP contribution in [0, 0.1) is 6.92 Å². The Hall–Kier alpha value is -4.05. The number of primary amides is 1. The fourth-order valence-corrected chi connectivity index (χ4v) is 3.60. The summed E-state index contributed by atoms with van der Waals surface area (Å²) in [6.45, 7) is 3.46. The average molecular weight is 416 g/mol. The smallest absolute Gasteiger partial charge is 0.317 e. The molecule has 10 heteroatoms. The van der Waals surface area contributed by atoms with Gasteiger partial charge in [0.1, 0.15) is 6.10 Å². The number of amides is 1. The molecule has 0 spiro atoms. The Bertz CT molecular complexity index is 1310. The number of aromatic amines is 1. The highest BCUT2D eigenvalue weighted by Crippen LogP contribution is 2.37. The van der Waals surface area contributed by atoms with E-state index in [-0.39, 0.29) is 23.5 Å². The maximum atomic E-state index is 12.1. The van der Waals surface area contributed by atoms with Gasteiger partial charge in [-0.1, -0.05) is 6.07 Å². The Balaban J connectivity index is 1.69. The topological polar surface area (TPSA) is 158 Å². The number of carbonyl (C=O) groups excluding carboxylic acids is 1. The second kappa shape index (κ2) is 7.33. The summed E-state index contributed by atoms with van der Waals surface area (Å²) < 4.78 is 5.75. The van der Waals surface area contributed by atoms with Crippen LogP contribution in [0.15, 0.2) is 36.7 Å². The second-order valence-electron chi connectivity index (χ2n) is 7.39. The predicted molar refractivity (Wildman–Crippen MR) is 115 cm³/mol. The van der Waals surface area contributed by atoms with Crippen LogP contribution < -0.4 is 21.5 Å². The van der Waals surface area contributed by atoms with E-state index in [2.05, 4.69) is 30.5 Å². The molecule has 10 nitrogen and oxygen atoms in total. The minimum absolute atomic E-state index is 0.0170. The number of anilines is 1. The third-order valence-corrected chi connectivity index (χ3v) is 5.31. The van der Waals surface area contributed by atoms with E-state index < -0.39 is 5.91 Å². The van der Waals surface area contributed by atoms with Crippen molar-refractivity contribution in [3.8, 4) is 28.5 Å². The fraction of sp³-hybridized carbons (Fsp3) is 0.190. The highest BCUT2D eigenvalue weighted by atomic mass is 16.5. The molecular formula is C21H20N8O2. The standard InChI is InChI=1S/C21H20N8O2/c1-10-2-3-14-13(9-26-29-14)17(10)12-6-16(27-19(18(12)22)20(23)30)15-4-5-25-21(28-15)31-11-7-24-8-11/h2-6,9,11,24H,7-8,22H2,1H3,(H2,23,30)(H,26,29). The van der Waals surface area contributed by atoms with E-state index in [0.717, 1.165) is 35.1 Å². The number of fused-ring (bicyclic) bond motifs is 1. The van der Waals surface area contributed by atoms with Gasteiger partial charge in [-0.2, -0.15) is 10.1 Å². The molecule has 156 valence electrons. The molecule has 3 aromatic heterocycles. The molecule has 0 bridgehead atoms. The van der Waals surface area contributed by atoms with E-state index in [1.54, 1.807) is 24.5 Å². The van der Waals surface area contributed by atoms with Gasteiger partial charge in [-0.15, -0.1) is 0 Å². The Morgan fingerprint density at radius 1 is 1.19 bits per heavy atom. The number of hydrogen-bond donors (Lipinski definition) is 4. The number of benzene rings is 1. The molecular weight excluding hydrogens is 396 g/mol. The normalized spacial score (nSPS) is 13.8. The molecule has 0 aliphatic carbocycles. The van der Waals surface area contributed by atoms with Gasteiger partial charge in [0, 0.05) is 30.2 Å². The molecule has 1 aliphatic heterocycles. The summed E-state index contributed by atoms with van der Waals surface area (Å²) in [7, 11) is 0. The number of rotatable bonds is 5. The molecule has 1 aliphatic rings. The number of ether oxygens (including phenoxy) is 1. The number of pyridine rings is 1.